The van der Waals surface area contributed by atoms with Crippen LogP contribution in [0.25, 0.3) is 0 Å². The Morgan fingerprint density at radius 3 is 2.94 bits per heavy atom. The standard InChI is InChI=1S/C12H17N3O2S/c1-15-8-11(4-12(15)5-13)7-14-6-10-2-3-18(16,17)9-10/h4,8,10,14H,2-3,6-7,9H2,1H3. The Kier molecular flexibility index (Phi) is 3.73. The molecule has 0 saturated carbocycles. The summed E-state index contributed by atoms with van der Waals surface area (Å²) < 4.78 is 24.4. The average molecular weight is 267 g/mol. The first-order valence-corrected chi connectivity index (χ1v) is 7.79. The average Bonchev–Trinajstić information content (AvgIpc) is 2.82. The van der Waals surface area contributed by atoms with Crippen LogP contribution in [0.2, 0.25) is 0 Å². The van der Waals surface area contributed by atoms with E-state index in [1.165, 1.54) is 0 Å². The highest BCUT2D eigenvalue weighted by Gasteiger charge is 2.27. The van der Waals surface area contributed by atoms with Crippen molar-refractivity contribution in [2.45, 2.75) is 13.0 Å². The van der Waals surface area contributed by atoms with Crippen molar-refractivity contribution in [3.63, 3.8) is 0 Å². The Labute approximate surface area is 107 Å². The van der Waals surface area contributed by atoms with Crippen LogP contribution in [0, 0.1) is 17.2 Å². The summed E-state index contributed by atoms with van der Waals surface area (Å²) in [5.74, 6) is 0.857. The normalized spacial score (nSPS) is 21.9. The van der Waals surface area contributed by atoms with Crippen molar-refractivity contribution in [2.24, 2.45) is 13.0 Å². The maximum Gasteiger partial charge on any atom is 0.150 e. The maximum atomic E-state index is 11.3. The van der Waals surface area contributed by atoms with Crippen LogP contribution in [-0.2, 0) is 23.4 Å². The Morgan fingerprint density at radius 1 is 1.61 bits per heavy atom. The quantitative estimate of drug-likeness (QED) is 0.858. The maximum absolute atomic E-state index is 11.3. The predicted molar refractivity (Wildman–Crippen MR) is 68.6 cm³/mol. The van der Waals surface area contributed by atoms with Crippen LogP contribution in [0.15, 0.2) is 12.3 Å². The molecular weight excluding hydrogens is 250 g/mol. The molecule has 0 spiro atoms. The predicted octanol–water partition coefficient (Wildman–Crippen LogP) is 0.421. The van der Waals surface area contributed by atoms with Crippen LogP contribution in [0.3, 0.4) is 0 Å². The van der Waals surface area contributed by atoms with Crippen molar-refractivity contribution >= 4 is 9.84 Å². The summed E-state index contributed by atoms with van der Waals surface area (Å²) in [6, 6.07) is 3.96. The van der Waals surface area contributed by atoms with Crippen LogP contribution in [0.1, 0.15) is 17.7 Å². The molecule has 0 bridgehead atoms. The molecule has 1 atom stereocenters. The minimum atomic E-state index is -2.78. The molecule has 0 aliphatic carbocycles. The molecule has 1 aromatic heterocycles. The van der Waals surface area contributed by atoms with Gasteiger partial charge in [0.1, 0.15) is 11.8 Å². The third-order valence-electron chi connectivity index (χ3n) is 3.27. The van der Waals surface area contributed by atoms with E-state index in [2.05, 4.69) is 11.4 Å². The van der Waals surface area contributed by atoms with Gasteiger partial charge >= 0.3 is 0 Å². The van der Waals surface area contributed by atoms with Gasteiger partial charge in [0.15, 0.2) is 9.84 Å². The molecule has 0 radical (unpaired) electrons. The van der Waals surface area contributed by atoms with E-state index in [4.69, 9.17) is 5.26 Å². The van der Waals surface area contributed by atoms with Crippen molar-refractivity contribution in [3.05, 3.63) is 23.5 Å². The first kappa shape index (κ1) is 13.1. The molecule has 1 aliphatic rings. The van der Waals surface area contributed by atoms with Gasteiger partial charge in [0.25, 0.3) is 0 Å². The summed E-state index contributed by atoms with van der Waals surface area (Å²) in [6.45, 7) is 1.39. The Hall–Kier alpha value is -1.32. The highest BCUT2D eigenvalue weighted by Crippen LogP contribution is 2.17. The van der Waals surface area contributed by atoms with E-state index in [9.17, 15) is 8.42 Å². The van der Waals surface area contributed by atoms with Crippen LogP contribution in [0.4, 0.5) is 0 Å². The van der Waals surface area contributed by atoms with Gasteiger partial charge in [0.2, 0.25) is 0 Å². The number of hydrogen-bond acceptors (Lipinski definition) is 4. The van der Waals surface area contributed by atoms with Gasteiger partial charge in [-0.3, -0.25) is 0 Å². The van der Waals surface area contributed by atoms with Crippen molar-refractivity contribution in [1.29, 1.82) is 5.26 Å². The highest BCUT2D eigenvalue weighted by atomic mass is 32.2. The molecule has 1 unspecified atom stereocenters. The first-order valence-electron chi connectivity index (χ1n) is 5.96. The number of nitrogens with zero attached hydrogens (tertiary/aromatic N) is 2. The number of rotatable bonds is 4. The van der Waals surface area contributed by atoms with Gasteiger partial charge in [-0.25, -0.2) is 8.42 Å². The SMILES string of the molecule is Cn1cc(CNCC2CCS(=O)(=O)C2)cc1C#N. The monoisotopic (exact) mass is 267 g/mol. The zero-order valence-electron chi connectivity index (χ0n) is 10.4. The molecule has 98 valence electrons. The first-order chi connectivity index (χ1) is 8.50. The second kappa shape index (κ2) is 5.12. The molecule has 1 aromatic rings. The molecule has 2 heterocycles. The van der Waals surface area contributed by atoms with E-state index in [1.807, 2.05) is 19.3 Å². The van der Waals surface area contributed by atoms with Crippen LogP contribution in [0.5, 0.6) is 0 Å². The van der Waals surface area contributed by atoms with Crippen LogP contribution in [-0.4, -0.2) is 31.0 Å². The summed E-state index contributed by atoms with van der Waals surface area (Å²) >= 11 is 0. The number of aryl methyl sites for hydroxylation is 1. The number of hydrogen-bond donors (Lipinski definition) is 1. The fourth-order valence-corrected chi connectivity index (χ4v) is 4.16. The van der Waals surface area contributed by atoms with Crippen molar-refractivity contribution < 1.29 is 8.42 Å². The van der Waals surface area contributed by atoms with Crippen LogP contribution >= 0.6 is 0 Å². The van der Waals surface area contributed by atoms with Crippen molar-refractivity contribution in [2.75, 3.05) is 18.1 Å². The van der Waals surface area contributed by atoms with E-state index in [0.29, 0.717) is 23.7 Å². The molecule has 18 heavy (non-hydrogen) atoms. The summed E-state index contributed by atoms with van der Waals surface area (Å²) in [4.78, 5) is 0. The Morgan fingerprint density at radius 2 is 2.39 bits per heavy atom. The van der Waals surface area contributed by atoms with E-state index < -0.39 is 9.84 Å². The van der Waals surface area contributed by atoms with Crippen molar-refractivity contribution in [1.82, 2.24) is 9.88 Å². The van der Waals surface area contributed by atoms with Gasteiger partial charge < -0.3 is 9.88 Å². The Balaban J connectivity index is 1.81. The fourth-order valence-electron chi connectivity index (χ4n) is 2.29. The molecular formula is C12H17N3O2S. The minimum absolute atomic E-state index is 0.231. The minimum Gasteiger partial charge on any atom is -0.342 e. The number of sulfone groups is 1. The van der Waals surface area contributed by atoms with E-state index in [0.717, 1.165) is 18.5 Å². The lowest BCUT2D eigenvalue weighted by Gasteiger charge is -2.08. The zero-order chi connectivity index (χ0) is 13.2. The highest BCUT2D eigenvalue weighted by molar-refractivity contribution is 7.91. The Bertz CT molecular complexity index is 569. The molecule has 0 aromatic carbocycles. The molecule has 5 nitrogen and oxygen atoms in total. The zero-order valence-corrected chi connectivity index (χ0v) is 11.2. The third-order valence-corrected chi connectivity index (χ3v) is 5.10. The molecule has 1 fully saturated rings. The number of nitrogens with one attached hydrogen (secondary N) is 1. The summed E-state index contributed by atoms with van der Waals surface area (Å²) in [6.07, 6.45) is 2.67. The van der Waals surface area contributed by atoms with Gasteiger partial charge in [-0.15, -0.1) is 0 Å². The van der Waals surface area contributed by atoms with Gasteiger partial charge in [0, 0.05) is 19.8 Å². The second-order valence-corrected chi connectivity index (χ2v) is 7.08. The summed E-state index contributed by atoms with van der Waals surface area (Å²) in [5, 5.41) is 12.1. The molecule has 0 amide bonds. The lowest BCUT2D eigenvalue weighted by Crippen LogP contribution is -2.23. The van der Waals surface area contributed by atoms with E-state index in [1.54, 1.807) is 4.57 Å². The lowest BCUT2D eigenvalue weighted by atomic mass is 10.1. The molecule has 1 saturated heterocycles. The number of nitriles is 1. The molecule has 1 aliphatic heterocycles. The fraction of sp³-hybridized carbons (Fsp3) is 0.583. The molecule has 1 N–H and O–H groups in total. The summed E-state index contributed by atoms with van der Waals surface area (Å²) in [5.41, 5.74) is 1.69. The second-order valence-electron chi connectivity index (χ2n) is 4.86. The largest absolute Gasteiger partial charge is 0.342 e. The molecule has 6 heteroatoms. The van der Waals surface area contributed by atoms with Gasteiger partial charge in [-0.1, -0.05) is 0 Å². The summed E-state index contributed by atoms with van der Waals surface area (Å²) in [7, 11) is -0.945. The smallest absolute Gasteiger partial charge is 0.150 e. The van der Waals surface area contributed by atoms with E-state index in [-0.39, 0.29) is 5.92 Å². The van der Waals surface area contributed by atoms with Gasteiger partial charge in [-0.2, -0.15) is 5.26 Å². The number of aromatic nitrogens is 1. The molecule has 2 rings (SSSR count). The van der Waals surface area contributed by atoms with Crippen molar-refractivity contribution in [3.8, 4) is 6.07 Å². The van der Waals surface area contributed by atoms with Crippen LogP contribution < -0.4 is 5.32 Å². The topological polar surface area (TPSA) is 74.9 Å². The third kappa shape index (κ3) is 3.12. The van der Waals surface area contributed by atoms with Gasteiger partial charge in [-0.05, 0) is 30.5 Å². The van der Waals surface area contributed by atoms with E-state index >= 15 is 0 Å². The van der Waals surface area contributed by atoms with Gasteiger partial charge in [0.05, 0.1) is 11.5 Å². The lowest BCUT2D eigenvalue weighted by molar-refractivity contribution is 0.521.